The molecule has 2 aromatic rings. The molecule has 0 spiro atoms. The summed E-state index contributed by atoms with van der Waals surface area (Å²) in [5.41, 5.74) is 1.49. The topological polar surface area (TPSA) is 93.7 Å². The van der Waals surface area contributed by atoms with Crippen LogP contribution in [0.5, 0.6) is 11.5 Å². The molecule has 0 saturated heterocycles. The minimum absolute atomic E-state index is 0.00950. The van der Waals surface area contributed by atoms with Crippen molar-refractivity contribution in [3.05, 3.63) is 42.0 Å². The number of anilines is 2. The summed E-state index contributed by atoms with van der Waals surface area (Å²) in [4.78, 5) is 11.5. The van der Waals surface area contributed by atoms with Gasteiger partial charge in [-0.1, -0.05) is 26.8 Å². The zero-order chi connectivity index (χ0) is 19.8. The number of ether oxygens (including phenoxy) is 2. The van der Waals surface area contributed by atoms with Crippen LogP contribution in [0.15, 0.2) is 41.3 Å². The summed E-state index contributed by atoms with van der Waals surface area (Å²) < 4.78 is 38.9. The van der Waals surface area contributed by atoms with Crippen LogP contribution in [-0.4, -0.2) is 28.0 Å². The Morgan fingerprint density at radius 3 is 2.56 bits per heavy atom. The molecule has 144 valence electrons. The van der Waals surface area contributed by atoms with Crippen molar-refractivity contribution in [1.82, 2.24) is 0 Å². The van der Waals surface area contributed by atoms with E-state index < -0.39 is 10.0 Å². The number of sulfonamides is 1. The lowest BCUT2D eigenvalue weighted by Crippen LogP contribution is -2.25. The third kappa shape index (κ3) is 4.00. The van der Waals surface area contributed by atoms with Crippen molar-refractivity contribution in [3.8, 4) is 11.5 Å². The van der Waals surface area contributed by atoms with Gasteiger partial charge >= 0.3 is 0 Å². The number of rotatable bonds is 4. The van der Waals surface area contributed by atoms with E-state index in [2.05, 4.69) is 10.0 Å². The Kier molecular flexibility index (Phi) is 4.77. The number of benzene rings is 2. The molecule has 2 N–H and O–H groups in total. The van der Waals surface area contributed by atoms with Crippen LogP contribution in [0, 0.1) is 0 Å². The largest absolute Gasteiger partial charge is 0.495 e. The van der Waals surface area contributed by atoms with Gasteiger partial charge in [-0.2, -0.15) is 0 Å². The van der Waals surface area contributed by atoms with Gasteiger partial charge in [0.2, 0.25) is 0 Å². The molecule has 0 aromatic heterocycles. The lowest BCUT2D eigenvalue weighted by Gasteiger charge is -2.22. The van der Waals surface area contributed by atoms with Crippen LogP contribution in [0.2, 0.25) is 0 Å². The van der Waals surface area contributed by atoms with Crippen molar-refractivity contribution >= 4 is 27.3 Å². The van der Waals surface area contributed by atoms with Crippen molar-refractivity contribution in [2.75, 3.05) is 23.8 Å². The molecular formula is C19H22N2O5S. The fourth-order valence-electron chi connectivity index (χ4n) is 2.69. The Labute approximate surface area is 158 Å². The highest BCUT2D eigenvalue weighted by Crippen LogP contribution is 2.34. The molecule has 27 heavy (non-hydrogen) atoms. The maximum absolute atomic E-state index is 12.9. The third-order valence-corrected chi connectivity index (χ3v) is 5.57. The lowest BCUT2D eigenvalue weighted by atomic mass is 9.87. The van der Waals surface area contributed by atoms with Crippen LogP contribution < -0.4 is 19.5 Å². The van der Waals surface area contributed by atoms with Crippen molar-refractivity contribution in [2.45, 2.75) is 31.1 Å². The number of carbonyl (C=O) groups excluding carboxylic acids is 1. The summed E-state index contributed by atoms with van der Waals surface area (Å²) in [5.74, 6) is 0.520. The van der Waals surface area contributed by atoms with Gasteiger partial charge in [0, 0.05) is 0 Å². The van der Waals surface area contributed by atoms with Crippen LogP contribution in [0.3, 0.4) is 0 Å². The molecule has 2 aromatic carbocycles. The molecule has 0 aliphatic carbocycles. The molecule has 0 radical (unpaired) electrons. The SMILES string of the molecule is COc1ccc(C(C)(C)C)cc1NS(=O)(=O)c1ccc2c(c1)NC(=O)CO2. The number of amides is 1. The van der Waals surface area contributed by atoms with Gasteiger partial charge in [0.05, 0.1) is 23.4 Å². The molecule has 8 heteroatoms. The van der Waals surface area contributed by atoms with Gasteiger partial charge in [0.25, 0.3) is 15.9 Å². The average Bonchev–Trinajstić information content (AvgIpc) is 2.60. The van der Waals surface area contributed by atoms with Crippen molar-refractivity contribution in [1.29, 1.82) is 0 Å². The fraction of sp³-hybridized carbons (Fsp3) is 0.316. The van der Waals surface area contributed by atoms with Gasteiger partial charge < -0.3 is 14.8 Å². The summed E-state index contributed by atoms with van der Waals surface area (Å²) in [6, 6.07) is 9.72. The van der Waals surface area contributed by atoms with E-state index in [0.29, 0.717) is 22.9 Å². The van der Waals surface area contributed by atoms with Crippen LogP contribution in [-0.2, 0) is 20.2 Å². The first-order chi connectivity index (χ1) is 12.6. The summed E-state index contributed by atoms with van der Waals surface area (Å²) in [7, 11) is -2.41. The number of carbonyl (C=O) groups is 1. The molecule has 0 saturated carbocycles. The zero-order valence-corrected chi connectivity index (χ0v) is 16.4. The Morgan fingerprint density at radius 2 is 1.89 bits per heavy atom. The van der Waals surface area contributed by atoms with Crippen LogP contribution in [0.4, 0.5) is 11.4 Å². The first-order valence-corrected chi connectivity index (χ1v) is 9.86. The molecule has 0 bridgehead atoms. The maximum Gasteiger partial charge on any atom is 0.262 e. The van der Waals surface area contributed by atoms with Gasteiger partial charge in [0.15, 0.2) is 6.61 Å². The molecule has 7 nitrogen and oxygen atoms in total. The zero-order valence-electron chi connectivity index (χ0n) is 15.6. The molecule has 1 heterocycles. The molecule has 1 amide bonds. The van der Waals surface area contributed by atoms with Crippen molar-refractivity contribution in [3.63, 3.8) is 0 Å². The normalized spacial score (nSPS) is 14.0. The van der Waals surface area contributed by atoms with Gasteiger partial charge in [-0.05, 0) is 41.3 Å². The summed E-state index contributed by atoms with van der Waals surface area (Å²) >= 11 is 0. The fourth-order valence-corrected chi connectivity index (χ4v) is 3.77. The third-order valence-electron chi connectivity index (χ3n) is 4.20. The van der Waals surface area contributed by atoms with E-state index in [1.807, 2.05) is 26.8 Å². The molecule has 0 atom stereocenters. The summed E-state index contributed by atoms with van der Waals surface area (Å²) in [6.45, 7) is 6.03. The number of nitrogens with one attached hydrogen (secondary N) is 2. The Balaban J connectivity index is 1.97. The maximum atomic E-state index is 12.9. The second kappa shape index (κ2) is 6.77. The Bertz CT molecular complexity index is 994. The standard InChI is InChI=1S/C19H22N2O5S/c1-19(2,3)12-5-7-16(25-4)15(9-12)21-27(23,24)13-6-8-17-14(10-13)20-18(22)11-26-17/h5-10,21H,11H2,1-4H3,(H,20,22). The van der Waals surface area contributed by atoms with E-state index >= 15 is 0 Å². The highest BCUT2D eigenvalue weighted by molar-refractivity contribution is 7.92. The predicted molar refractivity (Wildman–Crippen MR) is 103 cm³/mol. The van der Waals surface area contributed by atoms with Crippen molar-refractivity contribution in [2.24, 2.45) is 0 Å². The van der Waals surface area contributed by atoms with E-state index in [-0.39, 0.29) is 22.8 Å². The van der Waals surface area contributed by atoms with Crippen LogP contribution in [0.25, 0.3) is 0 Å². The van der Waals surface area contributed by atoms with Crippen LogP contribution in [0.1, 0.15) is 26.3 Å². The molecule has 1 aliphatic rings. The molecule has 1 aliphatic heterocycles. The monoisotopic (exact) mass is 390 g/mol. The summed E-state index contributed by atoms with van der Waals surface area (Å²) in [6.07, 6.45) is 0. The highest BCUT2D eigenvalue weighted by Gasteiger charge is 2.23. The Morgan fingerprint density at radius 1 is 1.15 bits per heavy atom. The van der Waals surface area contributed by atoms with Gasteiger partial charge in [-0.15, -0.1) is 0 Å². The van der Waals surface area contributed by atoms with E-state index in [4.69, 9.17) is 9.47 Å². The average molecular weight is 390 g/mol. The number of hydrogen-bond donors (Lipinski definition) is 2. The number of hydrogen-bond acceptors (Lipinski definition) is 5. The molecular weight excluding hydrogens is 368 g/mol. The van der Waals surface area contributed by atoms with Gasteiger partial charge in [-0.3, -0.25) is 9.52 Å². The van der Waals surface area contributed by atoms with Gasteiger partial charge in [0.1, 0.15) is 11.5 Å². The first kappa shape index (κ1) is 19.0. The van der Waals surface area contributed by atoms with Gasteiger partial charge in [-0.25, -0.2) is 8.42 Å². The smallest absolute Gasteiger partial charge is 0.262 e. The van der Waals surface area contributed by atoms with E-state index in [0.717, 1.165) is 5.56 Å². The molecule has 3 rings (SSSR count). The molecule has 0 fully saturated rings. The number of methoxy groups -OCH3 is 1. The lowest BCUT2D eigenvalue weighted by molar-refractivity contribution is -0.118. The highest BCUT2D eigenvalue weighted by atomic mass is 32.2. The summed E-state index contributed by atoms with van der Waals surface area (Å²) in [5, 5.41) is 2.61. The van der Waals surface area contributed by atoms with E-state index in [1.165, 1.54) is 25.3 Å². The quantitative estimate of drug-likeness (QED) is 0.837. The minimum Gasteiger partial charge on any atom is -0.495 e. The minimum atomic E-state index is -3.90. The van der Waals surface area contributed by atoms with Crippen LogP contribution >= 0.6 is 0 Å². The second-order valence-corrected chi connectivity index (χ2v) is 8.95. The van der Waals surface area contributed by atoms with Crippen molar-refractivity contribution < 1.29 is 22.7 Å². The Hall–Kier alpha value is -2.74. The van der Waals surface area contributed by atoms with E-state index in [1.54, 1.807) is 12.1 Å². The number of fused-ring (bicyclic) bond motifs is 1. The predicted octanol–water partition coefficient (Wildman–Crippen LogP) is 3.12. The first-order valence-electron chi connectivity index (χ1n) is 8.38. The second-order valence-electron chi connectivity index (χ2n) is 7.27. The van der Waals surface area contributed by atoms with E-state index in [9.17, 15) is 13.2 Å². The molecule has 0 unspecified atom stereocenters.